The molecule has 0 aliphatic heterocycles. The second kappa shape index (κ2) is 4.20. The zero-order chi connectivity index (χ0) is 9.83. The predicted octanol–water partition coefficient (Wildman–Crippen LogP) is 4.25. The summed E-state index contributed by atoms with van der Waals surface area (Å²) >= 11 is 0. The minimum Gasteiger partial charge on any atom is -0.207 e. The molecule has 1 unspecified atom stereocenters. The Morgan fingerprint density at radius 1 is 1.08 bits per heavy atom. The highest BCUT2D eigenvalue weighted by atomic mass is 19.3. The summed E-state index contributed by atoms with van der Waals surface area (Å²) < 4.78 is 26.2. The third-order valence-electron chi connectivity index (χ3n) is 2.92. The Hall–Kier alpha value is -0.140. The topological polar surface area (TPSA) is 0 Å². The van der Waals surface area contributed by atoms with Gasteiger partial charge in [0.05, 0.1) is 0 Å². The number of halogens is 2. The van der Waals surface area contributed by atoms with E-state index in [9.17, 15) is 8.78 Å². The van der Waals surface area contributed by atoms with Gasteiger partial charge in [-0.2, -0.15) is 0 Å². The van der Waals surface area contributed by atoms with Crippen LogP contribution in [0.5, 0.6) is 0 Å². The molecule has 74 valence electrons. The second-order valence-corrected chi connectivity index (χ2v) is 3.91. The third kappa shape index (κ3) is 2.72. The molecule has 0 heterocycles. The lowest BCUT2D eigenvalue weighted by molar-refractivity contribution is -0.105. The minimum absolute atomic E-state index is 0.552. The van der Waals surface area contributed by atoms with Crippen LogP contribution in [0.1, 0.15) is 53.4 Å². The van der Waals surface area contributed by atoms with E-state index in [4.69, 9.17) is 0 Å². The van der Waals surface area contributed by atoms with Crippen LogP contribution in [0.2, 0.25) is 0 Å². The Morgan fingerprint density at radius 2 is 1.58 bits per heavy atom. The highest BCUT2D eigenvalue weighted by Crippen LogP contribution is 2.42. The largest absolute Gasteiger partial charge is 0.250 e. The van der Waals surface area contributed by atoms with Crippen molar-refractivity contribution >= 4 is 0 Å². The minimum atomic E-state index is -2.54. The summed E-state index contributed by atoms with van der Waals surface area (Å²) in [6, 6.07) is 0. The van der Waals surface area contributed by atoms with Gasteiger partial charge in [-0.3, -0.25) is 0 Å². The lowest BCUT2D eigenvalue weighted by atomic mass is 9.77. The van der Waals surface area contributed by atoms with E-state index in [0.717, 1.165) is 19.8 Å². The fraction of sp³-hybridized carbons (Fsp3) is 1.00. The average molecular weight is 178 g/mol. The predicted molar refractivity (Wildman–Crippen MR) is 48.5 cm³/mol. The van der Waals surface area contributed by atoms with Crippen molar-refractivity contribution in [2.45, 2.75) is 59.3 Å². The van der Waals surface area contributed by atoms with Crippen LogP contribution in [0.3, 0.4) is 0 Å². The van der Waals surface area contributed by atoms with Crippen molar-refractivity contribution in [1.29, 1.82) is 0 Å². The van der Waals surface area contributed by atoms with E-state index in [1.165, 1.54) is 0 Å². The van der Waals surface area contributed by atoms with E-state index in [-0.39, 0.29) is 0 Å². The van der Waals surface area contributed by atoms with Crippen LogP contribution < -0.4 is 0 Å². The van der Waals surface area contributed by atoms with Gasteiger partial charge in [-0.1, -0.05) is 33.6 Å². The molecule has 0 saturated heterocycles. The summed E-state index contributed by atoms with van der Waals surface area (Å²) in [5.74, 6) is -2.54. The van der Waals surface area contributed by atoms with Crippen LogP contribution in [0, 0.1) is 5.41 Å². The lowest BCUT2D eigenvalue weighted by Gasteiger charge is -2.34. The van der Waals surface area contributed by atoms with Gasteiger partial charge >= 0.3 is 0 Å². The summed E-state index contributed by atoms with van der Waals surface area (Å²) in [5.41, 5.74) is -0.803. The van der Waals surface area contributed by atoms with Crippen LogP contribution in [-0.2, 0) is 0 Å². The van der Waals surface area contributed by atoms with Crippen LogP contribution in [-0.4, -0.2) is 5.92 Å². The normalized spacial score (nSPS) is 17.5. The van der Waals surface area contributed by atoms with Gasteiger partial charge in [0.25, 0.3) is 5.92 Å². The maximum atomic E-state index is 13.1. The Labute approximate surface area is 74.4 Å². The van der Waals surface area contributed by atoms with Crippen molar-refractivity contribution in [3.05, 3.63) is 0 Å². The monoisotopic (exact) mass is 178 g/mol. The number of rotatable bonds is 5. The van der Waals surface area contributed by atoms with Crippen molar-refractivity contribution in [2.75, 3.05) is 0 Å². The molecule has 0 aromatic carbocycles. The fourth-order valence-corrected chi connectivity index (χ4v) is 1.27. The van der Waals surface area contributed by atoms with E-state index in [1.54, 1.807) is 6.92 Å². The van der Waals surface area contributed by atoms with Gasteiger partial charge < -0.3 is 0 Å². The third-order valence-corrected chi connectivity index (χ3v) is 2.92. The second-order valence-electron chi connectivity index (χ2n) is 3.91. The summed E-state index contributed by atoms with van der Waals surface area (Å²) in [6.07, 6.45) is 3.07. The molecule has 0 nitrogen and oxygen atoms in total. The molecule has 0 rings (SSSR count). The van der Waals surface area contributed by atoms with E-state index in [2.05, 4.69) is 0 Å². The average Bonchev–Trinajstić information content (AvgIpc) is 1.98. The van der Waals surface area contributed by atoms with Crippen LogP contribution >= 0.6 is 0 Å². The van der Waals surface area contributed by atoms with Crippen LogP contribution in [0.4, 0.5) is 8.78 Å². The zero-order valence-corrected chi connectivity index (χ0v) is 8.58. The molecule has 12 heavy (non-hydrogen) atoms. The molecule has 0 radical (unpaired) electrons. The molecular formula is C10H20F2. The van der Waals surface area contributed by atoms with E-state index >= 15 is 0 Å². The Bertz CT molecular complexity index is 126. The summed E-state index contributed by atoms with van der Waals surface area (Å²) in [5, 5.41) is 0. The van der Waals surface area contributed by atoms with Crippen LogP contribution in [0.15, 0.2) is 0 Å². The Morgan fingerprint density at radius 3 is 1.83 bits per heavy atom. The van der Waals surface area contributed by atoms with E-state index < -0.39 is 11.3 Å². The van der Waals surface area contributed by atoms with Gasteiger partial charge in [0.15, 0.2) is 0 Å². The fourth-order valence-electron chi connectivity index (χ4n) is 1.27. The first-order valence-corrected chi connectivity index (χ1v) is 4.75. The molecule has 0 N–H and O–H groups in total. The maximum Gasteiger partial charge on any atom is 0.250 e. The molecule has 0 saturated carbocycles. The van der Waals surface area contributed by atoms with Crippen molar-refractivity contribution in [2.24, 2.45) is 5.41 Å². The highest BCUT2D eigenvalue weighted by Gasteiger charge is 2.43. The van der Waals surface area contributed by atoms with Gasteiger partial charge in [0.2, 0.25) is 0 Å². The first-order chi connectivity index (χ1) is 5.37. The summed E-state index contributed by atoms with van der Waals surface area (Å²) in [6.45, 7) is 6.59. The van der Waals surface area contributed by atoms with Crippen molar-refractivity contribution in [1.82, 2.24) is 0 Å². The summed E-state index contributed by atoms with van der Waals surface area (Å²) in [4.78, 5) is 0. The molecular weight excluding hydrogens is 158 g/mol. The van der Waals surface area contributed by atoms with E-state index in [0.29, 0.717) is 12.8 Å². The molecule has 1 atom stereocenters. The molecule has 0 spiro atoms. The number of alkyl halides is 2. The maximum absolute atomic E-state index is 13.1. The van der Waals surface area contributed by atoms with Gasteiger partial charge in [-0.05, 0) is 19.8 Å². The van der Waals surface area contributed by atoms with E-state index in [1.807, 2.05) is 13.8 Å². The quantitative estimate of drug-likeness (QED) is 0.590. The van der Waals surface area contributed by atoms with Crippen molar-refractivity contribution in [3.8, 4) is 0 Å². The number of hydrogen-bond acceptors (Lipinski definition) is 0. The SMILES string of the molecule is CCCCC(C)(CC)C(C)(F)F. The van der Waals surface area contributed by atoms with Gasteiger partial charge in [-0.15, -0.1) is 0 Å². The number of unbranched alkanes of at least 4 members (excludes halogenated alkanes) is 1. The standard InChI is InChI=1S/C10H20F2/c1-5-7-8-9(3,6-2)10(4,11)12/h5-8H2,1-4H3. The van der Waals surface area contributed by atoms with Gasteiger partial charge in [-0.25, -0.2) is 8.78 Å². The Kier molecular flexibility index (Phi) is 4.15. The Balaban J connectivity index is 4.24. The smallest absolute Gasteiger partial charge is 0.207 e. The molecule has 0 bridgehead atoms. The van der Waals surface area contributed by atoms with Gasteiger partial charge in [0, 0.05) is 5.41 Å². The molecule has 0 aliphatic carbocycles. The highest BCUT2D eigenvalue weighted by molar-refractivity contribution is 4.84. The van der Waals surface area contributed by atoms with Crippen molar-refractivity contribution in [3.63, 3.8) is 0 Å². The first-order valence-electron chi connectivity index (χ1n) is 4.75. The van der Waals surface area contributed by atoms with Gasteiger partial charge in [0.1, 0.15) is 0 Å². The zero-order valence-electron chi connectivity index (χ0n) is 8.58. The van der Waals surface area contributed by atoms with Crippen molar-refractivity contribution < 1.29 is 8.78 Å². The number of hydrogen-bond donors (Lipinski definition) is 0. The van der Waals surface area contributed by atoms with Crippen LogP contribution in [0.25, 0.3) is 0 Å². The molecule has 0 aromatic heterocycles. The molecule has 0 fully saturated rings. The molecule has 0 amide bonds. The molecule has 0 aromatic rings. The molecule has 0 aliphatic rings. The first kappa shape index (κ1) is 11.9. The lowest BCUT2D eigenvalue weighted by Crippen LogP contribution is -2.35. The molecule has 2 heteroatoms. The summed E-state index contributed by atoms with van der Waals surface area (Å²) in [7, 11) is 0.